The normalized spacial score (nSPS) is 13.3. The van der Waals surface area contributed by atoms with Crippen LogP contribution >= 0.6 is 11.8 Å². The van der Waals surface area contributed by atoms with E-state index in [0.29, 0.717) is 0 Å². The average molecular weight is 266 g/mol. The van der Waals surface area contributed by atoms with Gasteiger partial charge in [-0.2, -0.15) is 0 Å². The molecule has 0 heterocycles. The zero-order valence-corrected chi connectivity index (χ0v) is 12.4. The molecule has 18 heavy (non-hydrogen) atoms. The molecule has 100 valence electrons. The Labute approximate surface area is 114 Å². The molecule has 0 aliphatic heterocycles. The molecule has 0 aromatic heterocycles. The number of benzene rings is 1. The summed E-state index contributed by atoms with van der Waals surface area (Å²) in [7, 11) is 0. The predicted octanol–water partition coefficient (Wildman–Crippen LogP) is 4.40. The molecule has 3 heteroatoms. The van der Waals surface area contributed by atoms with E-state index >= 15 is 0 Å². The number of carboxylic acids is 1. The molecule has 0 saturated heterocycles. The van der Waals surface area contributed by atoms with Crippen molar-refractivity contribution in [3.8, 4) is 0 Å². The van der Waals surface area contributed by atoms with Crippen LogP contribution in [-0.4, -0.2) is 17.3 Å². The smallest absolute Gasteiger partial charge is 0.303 e. The molecule has 1 unspecified atom stereocenters. The molecule has 0 spiro atoms. The third-order valence-electron chi connectivity index (χ3n) is 2.87. The number of carbonyl (C=O) groups is 1. The number of hydrogen-bond donors (Lipinski definition) is 1. The van der Waals surface area contributed by atoms with Gasteiger partial charge in [0.2, 0.25) is 0 Å². The van der Waals surface area contributed by atoms with Crippen molar-refractivity contribution in [1.29, 1.82) is 0 Å². The van der Waals surface area contributed by atoms with Gasteiger partial charge in [0.15, 0.2) is 0 Å². The molecular weight excluding hydrogens is 244 g/mol. The summed E-state index contributed by atoms with van der Waals surface area (Å²) >= 11 is 1.70. The van der Waals surface area contributed by atoms with Crippen LogP contribution < -0.4 is 0 Å². The van der Waals surface area contributed by atoms with Crippen molar-refractivity contribution in [1.82, 2.24) is 0 Å². The van der Waals surface area contributed by atoms with Gasteiger partial charge in [0.05, 0.1) is 6.42 Å². The fourth-order valence-electron chi connectivity index (χ4n) is 2.13. The highest BCUT2D eigenvalue weighted by Gasteiger charge is 2.22. The molecule has 1 N–H and O–H groups in total. The first-order valence-electron chi connectivity index (χ1n) is 6.17. The minimum atomic E-state index is -0.724. The van der Waals surface area contributed by atoms with Crippen molar-refractivity contribution in [3.63, 3.8) is 0 Å². The van der Waals surface area contributed by atoms with Gasteiger partial charge in [-0.15, -0.1) is 11.8 Å². The highest BCUT2D eigenvalue weighted by atomic mass is 32.2. The topological polar surface area (TPSA) is 37.3 Å². The van der Waals surface area contributed by atoms with Crippen LogP contribution in [0.1, 0.15) is 45.1 Å². The quantitative estimate of drug-likeness (QED) is 0.802. The van der Waals surface area contributed by atoms with Gasteiger partial charge in [0, 0.05) is 4.90 Å². The van der Waals surface area contributed by atoms with E-state index in [9.17, 15) is 4.79 Å². The predicted molar refractivity (Wildman–Crippen MR) is 77.3 cm³/mol. The third-order valence-corrected chi connectivity index (χ3v) is 3.61. The molecule has 1 aromatic rings. The van der Waals surface area contributed by atoms with Gasteiger partial charge in [0.1, 0.15) is 0 Å². The molecule has 0 aliphatic rings. The van der Waals surface area contributed by atoms with Crippen LogP contribution in [0.2, 0.25) is 0 Å². The number of rotatable bonds is 5. The summed E-state index contributed by atoms with van der Waals surface area (Å²) in [5.41, 5.74) is 1.27. The number of carboxylic acid groups (broad SMARTS) is 1. The highest BCUT2D eigenvalue weighted by molar-refractivity contribution is 7.98. The SMILES string of the molecule is CSc1ccc(C(CC(=O)O)CC(C)(C)C)cc1. The van der Waals surface area contributed by atoms with Crippen molar-refractivity contribution >= 4 is 17.7 Å². The molecule has 0 aliphatic carbocycles. The molecule has 2 nitrogen and oxygen atoms in total. The van der Waals surface area contributed by atoms with Crippen LogP contribution in [0.4, 0.5) is 0 Å². The number of thioether (sulfide) groups is 1. The molecular formula is C15H22O2S. The lowest BCUT2D eigenvalue weighted by atomic mass is 9.80. The zero-order valence-electron chi connectivity index (χ0n) is 11.6. The van der Waals surface area contributed by atoms with Crippen molar-refractivity contribution in [2.45, 2.75) is 44.4 Å². The van der Waals surface area contributed by atoms with Gasteiger partial charge in [0.25, 0.3) is 0 Å². The minimum absolute atomic E-state index is 0.0957. The number of aliphatic carboxylic acids is 1. The van der Waals surface area contributed by atoms with E-state index in [4.69, 9.17) is 5.11 Å². The van der Waals surface area contributed by atoms with Crippen molar-refractivity contribution in [2.24, 2.45) is 5.41 Å². The van der Waals surface area contributed by atoms with Crippen LogP contribution in [-0.2, 0) is 4.79 Å². The molecule has 1 atom stereocenters. The highest BCUT2D eigenvalue weighted by Crippen LogP contribution is 2.34. The maximum Gasteiger partial charge on any atom is 0.303 e. The van der Waals surface area contributed by atoms with E-state index in [1.807, 2.05) is 6.26 Å². The fraction of sp³-hybridized carbons (Fsp3) is 0.533. The Balaban J connectivity index is 2.90. The maximum absolute atomic E-state index is 11.0. The van der Waals surface area contributed by atoms with E-state index in [0.717, 1.165) is 12.0 Å². The first kappa shape index (κ1) is 15.1. The van der Waals surface area contributed by atoms with Crippen LogP contribution in [0.5, 0.6) is 0 Å². The standard InChI is InChI=1S/C15H22O2S/c1-15(2,3)10-12(9-14(16)17)11-5-7-13(18-4)8-6-11/h5-8,12H,9-10H2,1-4H3,(H,16,17). The summed E-state index contributed by atoms with van der Waals surface area (Å²) in [6.45, 7) is 6.45. The molecule has 0 bridgehead atoms. The maximum atomic E-state index is 11.0. The first-order valence-corrected chi connectivity index (χ1v) is 7.40. The Morgan fingerprint density at radius 2 is 1.83 bits per heavy atom. The van der Waals surface area contributed by atoms with Gasteiger partial charge in [-0.25, -0.2) is 0 Å². The van der Waals surface area contributed by atoms with Crippen LogP contribution in [0, 0.1) is 5.41 Å². The van der Waals surface area contributed by atoms with E-state index in [1.165, 1.54) is 4.90 Å². The Bertz CT molecular complexity index is 390. The van der Waals surface area contributed by atoms with E-state index in [2.05, 4.69) is 45.0 Å². The average Bonchev–Trinajstić information content (AvgIpc) is 2.26. The second-order valence-corrected chi connectivity index (χ2v) is 6.71. The lowest BCUT2D eigenvalue weighted by Crippen LogP contribution is -2.15. The Hall–Kier alpha value is -0.960. The van der Waals surface area contributed by atoms with E-state index in [-0.39, 0.29) is 17.8 Å². The summed E-state index contributed by atoms with van der Waals surface area (Å²) in [5, 5.41) is 9.04. The fourth-order valence-corrected chi connectivity index (χ4v) is 2.54. The molecule has 0 fully saturated rings. The minimum Gasteiger partial charge on any atom is -0.481 e. The first-order chi connectivity index (χ1) is 8.31. The van der Waals surface area contributed by atoms with Crippen LogP contribution in [0.25, 0.3) is 0 Å². The van der Waals surface area contributed by atoms with Crippen molar-refractivity contribution in [3.05, 3.63) is 29.8 Å². The zero-order chi connectivity index (χ0) is 13.8. The van der Waals surface area contributed by atoms with Gasteiger partial charge < -0.3 is 5.11 Å². The van der Waals surface area contributed by atoms with Crippen molar-refractivity contribution in [2.75, 3.05) is 6.26 Å². The molecule has 0 radical (unpaired) electrons. The van der Waals surface area contributed by atoms with Crippen LogP contribution in [0.15, 0.2) is 29.2 Å². The Morgan fingerprint density at radius 3 is 2.22 bits per heavy atom. The molecule has 0 amide bonds. The van der Waals surface area contributed by atoms with E-state index < -0.39 is 5.97 Å². The third kappa shape index (κ3) is 5.13. The van der Waals surface area contributed by atoms with E-state index in [1.54, 1.807) is 11.8 Å². The Morgan fingerprint density at radius 1 is 1.28 bits per heavy atom. The van der Waals surface area contributed by atoms with Gasteiger partial charge in [-0.1, -0.05) is 32.9 Å². The second-order valence-electron chi connectivity index (χ2n) is 5.83. The summed E-state index contributed by atoms with van der Waals surface area (Å²) in [6, 6.07) is 8.26. The Kier molecular flexibility index (Phi) is 5.27. The molecule has 1 rings (SSSR count). The number of hydrogen-bond acceptors (Lipinski definition) is 2. The lowest BCUT2D eigenvalue weighted by molar-refractivity contribution is -0.137. The summed E-state index contributed by atoms with van der Waals surface area (Å²) in [6.07, 6.45) is 3.13. The molecule has 1 aromatic carbocycles. The lowest BCUT2D eigenvalue weighted by Gasteiger charge is -2.25. The molecule has 0 saturated carbocycles. The van der Waals surface area contributed by atoms with Gasteiger partial charge in [-0.3, -0.25) is 4.79 Å². The van der Waals surface area contributed by atoms with Crippen molar-refractivity contribution < 1.29 is 9.90 Å². The summed E-state index contributed by atoms with van der Waals surface area (Å²) < 4.78 is 0. The van der Waals surface area contributed by atoms with Gasteiger partial charge in [-0.05, 0) is 41.7 Å². The van der Waals surface area contributed by atoms with Gasteiger partial charge >= 0.3 is 5.97 Å². The summed E-state index contributed by atoms with van der Waals surface area (Å²) in [5.74, 6) is -0.628. The largest absolute Gasteiger partial charge is 0.481 e. The monoisotopic (exact) mass is 266 g/mol. The second kappa shape index (κ2) is 6.28. The van der Waals surface area contributed by atoms with Crippen LogP contribution in [0.3, 0.4) is 0 Å². The summed E-state index contributed by atoms with van der Waals surface area (Å²) in [4.78, 5) is 12.2.